The van der Waals surface area contributed by atoms with Crippen molar-refractivity contribution in [3.63, 3.8) is 0 Å². The standard InChI is InChI=1S/C18H25NO2S2/c20-18(9-5-4-8-16-10-13-22-23-16)19-11-12-21-17(14-19)15-6-2-1-3-7-15/h1-3,6-7,16-17H,4-5,8-14H2/t16-,17+/m1/s1. The van der Waals surface area contributed by atoms with Gasteiger partial charge in [-0.3, -0.25) is 4.79 Å². The average molecular weight is 352 g/mol. The number of carbonyl (C=O) groups excluding carboxylic acids is 1. The van der Waals surface area contributed by atoms with Crippen LogP contribution in [-0.4, -0.2) is 41.5 Å². The molecule has 0 saturated carbocycles. The molecule has 0 radical (unpaired) electrons. The zero-order valence-electron chi connectivity index (χ0n) is 13.5. The van der Waals surface area contributed by atoms with Gasteiger partial charge < -0.3 is 9.64 Å². The Morgan fingerprint density at radius 1 is 1.26 bits per heavy atom. The summed E-state index contributed by atoms with van der Waals surface area (Å²) in [6, 6.07) is 10.2. The average Bonchev–Trinajstić information content (AvgIpc) is 3.13. The lowest BCUT2D eigenvalue weighted by molar-refractivity contribution is -0.139. The number of benzene rings is 1. The Bertz CT molecular complexity index is 491. The molecule has 2 heterocycles. The summed E-state index contributed by atoms with van der Waals surface area (Å²) in [6.45, 7) is 2.07. The third-order valence-electron chi connectivity index (χ3n) is 4.48. The molecule has 2 saturated heterocycles. The molecule has 1 aromatic rings. The van der Waals surface area contributed by atoms with Crippen LogP contribution in [0.4, 0.5) is 0 Å². The van der Waals surface area contributed by atoms with E-state index in [-0.39, 0.29) is 6.10 Å². The van der Waals surface area contributed by atoms with Crippen LogP contribution >= 0.6 is 21.6 Å². The molecule has 23 heavy (non-hydrogen) atoms. The highest BCUT2D eigenvalue weighted by Gasteiger charge is 2.25. The van der Waals surface area contributed by atoms with Gasteiger partial charge in [0.25, 0.3) is 0 Å². The van der Waals surface area contributed by atoms with Gasteiger partial charge in [0.1, 0.15) is 6.10 Å². The first-order valence-electron chi connectivity index (χ1n) is 8.55. The number of rotatable bonds is 6. The van der Waals surface area contributed by atoms with Crippen molar-refractivity contribution in [2.75, 3.05) is 25.4 Å². The molecular weight excluding hydrogens is 326 g/mol. The molecule has 1 aromatic carbocycles. The Labute approximate surface area is 146 Å². The van der Waals surface area contributed by atoms with Gasteiger partial charge in [0.05, 0.1) is 13.2 Å². The second kappa shape index (κ2) is 9.00. The van der Waals surface area contributed by atoms with Crippen LogP contribution in [0.3, 0.4) is 0 Å². The number of ether oxygens (including phenoxy) is 1. The van der Waals surface area contributed by atoms with Gasteiger partial charge in [-0.05, 0) is 24.8 Å². The molecule has 3 nitrogen and oxygen atoms in total. The highest BCUT2D eigenvalue weighted by atomic mass is 33.1. The summed E-state index contributed by atoms with van der Waals surface area (Å²) in [6.07, 6.45) is 5.52. The van der Waals surface area contributed by atoms with Crippen LogP contribution < -0.4 is 0 Å². The van der Waals surface area contributed by atoms with Crippen molar-refractivity contribution in [1.82, 2.24) is 4.90 Å². The largest absolute Gasteiger partial charge is 0.370 e. The number of unbranched alkanes of at least 4 members (excludes halogenated alkanes) is 1. The first kappa shape index (κ1) is 17.2. The van der Waals surface area contributed by atoms with Gasteiger partial charge in [-0.15, -0.1) is 0 Å². The fraction of sp³-hybridized carbons (Fsp3) is 0.611. The second-order valence-corrected chi connectivity index (χ2v) is 8.97. The summed E-state index contributed by atoms with van der Waals surface area (Å²) in [4.78, 5) is 14.4. The Morgan fingerprint density at radius 3 is 2.91 bits per heavy atom. The highest BCUT2D eigenvalue weighted by molar-refractivity contribution is 8.77. The maximum absolute atomic E-state index is 12.4. The molecule has 2 atom stereocenters. The van der Waals surface area contributed by atoms with Crippen LogP contribution in [0, 0.1) is 0 Å². The lowest BCUT2D eigenvalue weighted by atomic mass is 10.1. The second-order valence-electron chi connectivity index (χ2n) is 6.18. The van der Waals surface area contributed by atoms with E-state index in [1.165, 1.54) is 30.6 Å². The molecule has 2 aliphatic rings. The number of carbonyl (C=O) groups is 1. The Hall–Kier alpha value is -0.650. The van der Waals surface area contributed by atoms with Crippen LogP contribution in [-0.2, 0) is 9.53 Å². The number of hydrogen-bond acceptors (Lipinski definition) is 4. The van der Waals surface area contributed by atoms with Crippen LogP contribution in [0.2, 0.25) is 0 Å². The molecule has 0 bridgehead atoms. The SMILES string of the molecule is O=C(CCCC[C@@H]1CCSS1)N1CCO[C@H](c2ccccc2)C1. The first-order chi connectivity index (χ1) is 11.3. The summed E-state index contributed by atoms with van der Waals surface area (Å²) < 4.78 is 5.84. The summed E-state index contributed by atoms with van der Waals surface area (Å²) in [5.74, 6) is 1.59. The molecule has 2 aliphatic heterocycles. The van der Waals surface area contributed by atoms with Gasteiger partial charge in [0, 0.05) is 24.0 Å². The molecule has 0 aromatic heterocycles. The Kier molecular flexibility index (Phi) is 6.72. The van der Waals surface area contributed by atoms with Crippen molar-refractivity contribution in [2.24, 2.45) is 0 Å². The number of hydrogen-bond donors (Lipinski definition) is 0. The van der Waals surface area contributed by atoms with E-state index in [4.69, 9.17) is 4.74 Å². The Morgan fingerprint density at radius 2 is 2.13 bits per heavy atom. The predicted molar refractivity (Wildman–Crippen MR) is 98.6 cm³/mol. The van der Waals surface area contributed by atoms with Gasteiger partial charge in [-0.25, -0.2) is 0 Å². The van der Waals surface area contributed by atoms with Crippen molar-refractivity contribution >= 4 is 27.5 Å². The monoisotopic (exact) mass is 351 g/mol. The van der Waals surface area contributed by atoms with E-state index in [2.05, 4.69) is 12.1 Å². The summed E-state index contributed by atoms with van der Waals surface area (Å²) in [5.41, 5.74) is 1.17. The van der Waals surface area contributed by atoms with E-state index in [0.717, 1.165) is 18.2 Å². The summed E-state index contributed by atoms with van der Waals surface area (Å²) in [7, 11) is 4.03. The van der Waals surface area contributed by atoms with E-state index in [0.29, 0.717) is 25.5 Å². The smallest absolute Gasteiger partial charge is 0.222 e. The van der Waals surface area contributed by atoms with E-state index in [9.17, 15) is 4.79 Å². The maximum Gasteiger partial charge on any atom is 0.222 e. The minimum atomic E-state index is 0.0285. The van der Waals surface area contributed by atoms with Crippen molar-refractivity contribution in [2.45, 2.75) is 43.5 Å². The normalized spacial score (nSPS) is 24.8. The quantitative estimate of drug-likeness (QED) is 0.564. The molecule has 5 heteroatoms. The van der Waals surface area contributed by atoms with Crippen molar-refractivity contribution < 1.29 is 9.53 Å². The summed E-state index contributed by atoms with van der Waals surface area (Å²) in [5, 5.41) is 0.820. The van der Waals surface area contributed by atoms with Gasteiger partial charge in [0.2, 0.25) is 5.91 Å². The summed E-state index contributed by atoms with van der Waals surface area (Å²) >= 11 is 0. The third-order valence-corrected chi connectivity index (χ3v) is 7.49. The van der Waals surface area contributed by atoms with Gasteiger partial charge in [0.15, 0.2) is 0 Å². The van der Waals surface area contributed by atoms with Crippen molar-refractivity contribution in [3.8, 4) is 0 Å². The van der Waals surface area contributed by atoms with E-state index >= 15 is 0 Å². The zero-order valence-corrected chi connectivity index (χ0v) is 15.1. The van der Waals surface area contributed by atoms with Crippen LogP contribution in [0.25, 0.3) is 0 Å². The fourth-order valence-electron chi connectivity index (χ4n) is 3.12. The molecule has 126 valence electrons. The van der Waals surface area contributed by atoms with Gasteiger partial charge >= 0.3 is 0 Å². The lowest BCUT2D eigenvalue weighted by Gasteiger charge is -2.33. The first-order valence-corrected chi connectivity index (χ1v) is 10.9. The molecule has 1 amide bonds. The van der Waals surface area contributed by atoms with Crippen molar-refractivity contribution in [1.29, 1.82) is 0 Å². The minimum absolute atomic E-state index is 0.0285. The molecule has 0 spiro atoms. The highest BCUT2D eigenvalue weighted by Crippen LogP contribution is 2.39. The van der Waals surface area contributed by atoms with E-state index < -0.39 is 0 Å². The molecule has 0 aliphatic carbocycles. The zero-order chi connectivity index (χ0) is 15.9. The minimum Gasteiger partial charge on any atom is -0.370 e. The van der Waals surface area contributed by atoms with Gasteiger partial charge in [-0.2, -0.15) is 0 Å². The fourth-order valence-corrected chi connectivity index (χ4v) is 6.14. The molecular formula is C18H25NO2S2. The van der Waals surface area contributed by atoms with Gasteiger partial charge in [-0.1, -0.05) is 58.3 Å². The Balaban J connectivity index is 1.40. The van der Waals surface area contributed by atoms with E-state index in [1.54, 1.807) is 0 Å². The van der Waals surface area contributed by atoms with Crippen LogP contribution in [0.5, 0.6) is 0 Å². The van der Waals surface area contributed by atoms with E-state index in [1.807, 2.05) is 44.7 Å². The molecule has 0 N–H and O–H groups in total. The van der Waals surface area contributed by atoms with Crippen LogP contribution in [0.1, 0.15) is 43.8 Å². The number of morpholine rings is 1. The number of amides is 1. The molecule has 2 fully saturated rings. The molecule has 3 rings (SSSR count). The third kappa shape index (κ3) is 5.16. The lowest BCUT2D eigenvalue weighted by Crippen LogP contribution is -2.42. The predicted octanol–water partition coefficient (Wildman–Crippen LogP) is 4.30. The van der Waals surface area contributed by atoms with Crippen molar-refractivity contribution in [3.05, 3.63) is 35.9 Å². The number of nitrogens with zero attached hydrogens (tertiary/aromatic N) is 1. The topological polar surface area (TPSA) is 29.5 Å². The molecule has 0 unspecified atom stereocenters. The maximum atomic E-state index is 12.4. The van der Waals surface area contributed by atoms with Crippen LogP contribution in [0.15, 0.2) is 30.3 Å².